The first kappa shape index (κ1) is 21.4. The van der Waals surface area contributed by atoms with Crippen molar-refractivity contribution in [2.45, 2.75) is 43.9 Å². The van der Waals surface area contributed by atoms with Crippen LogP contribution in [0.15, 0.2) is 48.9 Å². The van der Waals surface area contributed by atoms with Crippen molar-refractivity contribution in [3.63, 3.8) is 0 Å². The summed E-state index contributed by atoms with van der Waals surface area (Å²) in [5.41, 5.74) is 0.0501. The number of rotatable bonds is 4. The van der Waals surface area contributed by atoms with Gasteiger partial charge in [0.05, 0.1) is 28.7 Å². The van der Waals surface area contributed by atoms with Crippen LogP contribution in [0.5, 0.6) is 0 Å². The number of carbonyl (C=O) groups excluding carboxylic acids is 1. The van der Waals surface area contributed by atoms with E-state index in [0.29, 0.717) is 12.1 Å². The van der Waals surface area contributed by atoms with Crippen LogP contribution in [0.3, 0.4) is 0 Å². The molecule has 2 saturated heterocycles. The molecule has 0 N–H and O–H groups in total. The van der Waals surface area contributed by atoms with Crippen molar-refractivity contribution in [1.29, 1.82) is 0 Å². The Bertz CT molecular complexity index is 1170. The van der Waals surface area contributed by atoms with Gasteiger partial charge in [0, 0.05) is 24.5 Å². The summed E-state index contributed by atoms with van der Waals surface area (Å²) in [5.74, 6) is -0.777. The number of amides is 1. The van der Waals surface area contributed by atoms with Gasteiger partial charge in [0.1, 0.15) is 5.82 Å². The summed E-state index contributed by atoms with van der Waals surface area (Å²) >= 11 is 0. The van der Waals surface area contributed by atoms with Gasteiger partial charge in [-0.1, -0.05) is 6.07 Å². The van der Waals surface area contributed by atoms with Crippen molar-refractivity contribution in [2.24, 2.45) is 5.92 Å². The maximum Gasteiger partial charge on any atom is 0.434 e. The number of alkyl halides is 3. The average molecular weight is 457 g/mol. The molecule has 0 radical (unpaired) electrons. The molecule has 5 rings (SSSR count). The van der Waals surface area contributed by atoms with Gasteiger partial charge < -0.3 is 4.90 Å². The van der Waals surface area contributed by atoms with Gasteiger partial charge in [-0.05, 0) is 55.9 Å². The fourth-order valence-corrected chi connectivity index (χ4v) is 5.06. The van der Waals surface area contributed by atoms with E-state index in [1.807, 2.05) is 0 Å². The highest BCUT2D eigenvalue weighted by atomic mass is 19.4. The van der Waals surface area contributed by atoms with Crippen molar-refractivity contribution in [3.8, 4) is 11.3 Å². The third-order valence-electron chi connectivity index (χ3n) is 6.44. The maximum absolute atomic E-state index is 14.7. The molecule has 33 heavy (non-hydrogen) atoms. The van der Waals surface area contributed by atoms with E-state index in [1.54, 1.807) is 23.1 Å². The van der Waals surface area contributed by atoms with Gasteiger partial charge in [0.2, 0.25) is 0 Å². The molecule has 6 nitrogen and oxygen atoms in total. The molecule has 1 amide bonds. The molecule has 3 unspecified atom stereocenters. The van der Waals surface area contributed by atoms with Crippen molar-refractivity contribution in [3.05, 3.63) is 71.7 Å². The summed E-state index contributed by atoms with van der Waals surface area (Å²) < 4.78 is 53.0. The Morgan fingerprint density at radius 1 is 1.09 bits per heavy atom. The number of fused-ring (bicyclic) bond motifs is 2. The molecule has 2 aromatic heterocycles. The lowest BCUT2D eigenvalue weighted by Crippen LogP contribution is -2.37. The molecule has 2 fully saturated rings. The first-order valence-corrected chi connectivity index (χ1v) is 10.6. The number of benzene rings is 1. The van der Waals surface area contributed by atoms with E-state index in [0.717, 1.165) is 31.7 Å². The Kier molecular flexibility index (Phi) is 5.30. The van der Waals surface area contributed by atoms with Gasteiger partial charge >= 0.3 is 6.18 Å². The molecular weight excluding hydrogens is 438 g/mol. The molecule has 3 atom stereocenters. The van der Waals surface area contributed by atoms with Crippen molar-refractivity contribution in [1.82, 2.24) is 25.1 Å². The maximum atomic E-state index is 14.7. The molecule has 170 valence electrons. The fourth-order valence-electron chi connectivity index (χ4n) is 5.06. The van der Waals surface area contributed by atoms with E-state index in [2.05, 4.69) is 20.2 Å². The summed E-state index contributed by atoms with van der Waals surface area (Å²) in [6.45, 7) is 0. The number of halogens is 4. The molecule has 2 aliphatic heterocycles. The molecule has 2 aliphatic rings. The van der Waals surface area contributed by atoms with Crippen LogP contribution in [-0.4, -0.2) is 43.1 Å². The van der Waals surface area contributed by atoms with Crippen molar-refractivity contribution in [2.75, 3.05) is 0 Å². The Morgan fingerprint density at radius 3 is 2.64 bits per heavy atom. The third kappa shape index (κ3) is 3.94. The summed E-state index contributed by atoms with van der Waals surface area (Å²) in [6, 6.07) is 7.50. The highest BCUT2D eigenvalue weighted by Crippen LogP contribution is 2.44. The van der Waals surface area contributed by atoms with Gasteiger partial charge in [0.15, 0.2) is 5.69 Å². The first-order chi connectivity index (χ1) is 15.8. The predicted octanol–water partition coefficient (Wildman–Crippen LogP) is 4.33. The summed E-state index contributed by atoms with van der Waals surface area (Å²) in [5, 5.41) is 7.77. The van der Waals surface area contributed by atoms with E-state index in [1.165, 1.54) is 18.3 Å². The summed E-state index contributed by atoms with van der Waals surface area (Å²) in [4.78, 5) is 22.8. The van der Waals surface area contributed by atoms with Gasteiger partial charge in [-0.25, -0.2) is 9.37 Å². The van der Waals surface area contributed by atoms with Crippen LogP contribution >= 0.6 is 0 Å². The number of hydrogen-bond acceptors (Lipinski definition) is 5. The SMILES string of the molecule is O=C(c1cccc(F)c1-c1cccnn1)N1C2CCC1C(Cc1cnc(C(F)(F)F)cn1)C2. The standard InChI is InChI=1S/C23H19F4N5O/c24-17-4-1-3-16(21(17)18-5-2-8-30-31-18)22(33)32-15-6-7-19(32)13(10-15)9-14-11-29-20(12-28-14)23(25,26)27/h1-5,8,11-13,15,19H,6-7,9-10H2. The molecule has 4 heterocycles. The minimum absolute atomic E-state index is 0.00659. The monoisotopic (exact) mass is 457 g/mol. The summed E-state index contributed by atoms with van der Waals surface area (Å²) in [6.07, 6.45) is 1.59. The zero-order valence-electron chi connectivity index (χ0n) is 17.3. The predicted molar refractivity (Wildman–Crippen MR) is 109 cm³/mol. The van der Waals surface area contributed by atoms with Crippen LogP contribution in [0.25, 0.3) is 11.3 Å². The lowest BCUT2D eigenvalue weighted by molar-refractivity contribution is -0.141. The van der Waals surface area contributed by atoms with Crippen LogP contribution in [0.4, 0.5) is 17.6 Å². The van der Waals surface area contributed by atoms with Crippen molar-refractivity contribution < 1.29 is 22.4 Å². The zero-order chi connectivity index (χ0) is 23.2. The second-order valence-corrected chi connectivity index (χ2v) is 8.37. The number of carbonyl (C=O) groups is 1. The Balaban J connectivity index is 1.39. The molecule has 10 heteroatoms. The zero-order valence-corrected chi connectivity index (χ0v) is 17.3. The van der Waals surface area contributed by atoms with Gasteiger partial charge in [-0.15, -0.1) is 0 Å². The third-order valence-corrected chi connectivity index (χ3v) is 6.44. The largest absolute Gasteiger partial charge is 0.434 e. The minimum Gasteiger partial charge on any atom is -0.332 e. The van der Waals surface area contributed by atoms with E-state index in [-0.39, 0.29) is 40.7 Å². The van der Waals surface area contributed by atoms with Crippen LogP contribution < -0.4 is 0 Å². The van der Waals surface area contributed by atoms with Gasteiger partial charge in [-0.3, -0.25) is 9.78 Å². The van der Waals surface area contributed by atoms with E-state index < -0.39 is 17.7 Å². The van der Waals surface area contributed by atoms with Crippen LogP contribution in [0, 0.1) is 11.7 Å². The quantitative estimate of drug-likeness (QED) is 0.546. The molecule has 0 aliphatic carbocycles. The highest BCUT2D eigenvalue weighted by molar-refractivity contribution is 6.01. The molecular formula is C23H19F4N5O. The summed E-state index contributed by atoms with van der Waals surface area (Å²) in [7, 11) is 0. The van der Waals surface area contributed by atoms with Crippen LogP contribution in [-0.2, 0) is 12.6 Å². The van der Waals surface area contributed by atoms with Gasteiger partial charge in [0.25, 0.3) is 5.91 Å². The lowest BCUT2D eigenvalue weighted by Gasteiger charge is -2.25. The Labute approximate surface area is 186 Å². The second kappa shape index (κ2) is 8.17. The molecule has 0 saturated carbocycles. The van der Waals surface area contributed by atoms with E-state index in [4.69, 9.17) is 0 Å². The van der Waals surface area contributed by atoms with Gasteiger partial charge in [-0.2, -0.15) is 23.4 Å². The van der Waals surface area contributed by atoms with E-state index in [9.17, 15) is 22.4 Å². The first-order valence-electron chi connectivity index (χ1n) is 10.6. The molecule has 2 bridgehead atoms. The normalized spacial score (nSPS) is 22.1. The number of hydrogen-bond donors (Lipinski definition) is 0. The lowest BCUT2D eigenvalue weighted by atomic mass is 9.86. The molecule has 0 spiro atoms. The fraction of sp³-hybridized carbons (Fsp3) is 0.348. The number of nitrogens with zero attached hydrogens (tertiary/aromatic N) is 5. The topological polar surface area (TPSA) is 71.9 Å². The average Bonchev–Trinajstić information content (AvgIpc) is 3.36. The Hall–Kier alpha value is -3.43. The van der Waals surface area contributed by atoms with Crippen LogP contribution in [0.1, 0.15) is 41.0 Å². The Morgan fingerprint density at radius 2 is 1.94 bits per heavy atom. The van der Waals surface area contributed by atoms with Crippen molar-refractivity contribution >= 4 is 5.91 Å². The molecule has 1 aromatic carbocycles. The second-order valence-electron chi connectivity index (χ2n) is 8.37. The number of aromatic nitrogens is 4. The molecule has 3 aromatic rings. The van der Waals surface area contributed by atoms with E-state index >= 15 is 0 Å². The highest BCUT2D eigenvalue weighted by Gasteiger charge is 2.49. The minimum atomic E-state index is -4.53. The van der Waals surface area contributed by atoms with Crippen LogP contribution in [0.2, 0.25) is 0 Å². The smallest absolute Gasteiger partial charge is 0.332 e.